The predicted octanol–water partition coefficient (Wildman–Crippen LogP) is 0.590. The average molecular weight is 257 g/mol. The third-order valence-electron chi connectivity index (χ3n) is 3.19. The van der Waals surface area contributed by atoms with Crippen molar-refractivity contribution in [3.8, 4) is 0 Å². The van der Waals surface area contributed by atoms with Crippen molar-refractivity contribution in [2.75, 3.05) is 20.1 Å². The van der Waals surface area contributed by atoms with Crippen molar-refractivity contribution in [1.29, 1.82) is 0 Å². The summed E-state index contributed by atoms with van der Waals surface area (Å²) in [7, 11) is 1.71. The summed E-state index contributed by atoms with van der Waals surface area (Å²) in [5.41, 5.74) is 5.87. The molecule has 0 aliphatic carbocycles. The van der Waals surface area contributed by atoms with Crippen molar-refractivity contribution in [2.45, 2.75) is 40.2 Å². The van der Waals surface area contributed by atoms with Gasteiger partial charge in [0, 0.05) is 26.1 Å². The van der Waals surface area contributed by atoms with Crippen molar-refractivity contribution in [3.63, 3.8) is 0 Å². The Labute approximate surface area is 110 Å². The fraction of sp³-hybridized carbons (Fsp3) is 0.846. The van der Waals surface area contributed by atoms with Crippen LogP contribution in [-0.2, 0) is 9.59 Å². The molecule has 0 heterocycles. The maximum Gasteiger partial charge on any atom is 0.239 e. The summed E-state index contributed by atoms with van der Waals surface area (Å²) in [6.45, 7) is 8.61. The Morgan fingerprint density at radius 1 is 1.28 bits per heavy atom. The molecule has 0 saturated carbocycles. The Hall–Kier alpha value is -1.10. The van der Waals surface area contributed by atoms with Crippen molar-refractivity contribution >= 4 is 11.8 Å². The van der Waals surface area contributed by atoms with Crippen LogP contribution in [0.1, 0.15) is 34.1 Å². The van der Waals surface area contributed by atoms with Gasteiger partial charge in [-0.05, 0) is 5.92 Å². The number of amides is 2. The molecule has 0 spiro atoms. The number of likely N-dealkylation sites (N-methyl/N-ethyl adjacent to an activating group) is 1. The number of carbonyl (C=O) groups is 2. The van der Waals surface area contributed by atoms with Crippen LogP contribution >= 0.6 is 0 Å². The van der Waals surface area contributed by atoms with E-state index >= 15 is 0 Å². The van der Waals surface area contributed by atoms with Crippen molar-refractivity contribution < 1.29 is 9.59 Å². The van der Waals surface area contributed by atoms with Gasteiger partial charge in [0.25, 0.3) is 0 Å². The SMILES string of the molecule is CCC(C)C(N)C(=O)N(C)CCNC(=O)C(C)C. The molecule has 5 nitrogen and oxygen atoms in total. The zero-order chi connectivity index (χ0) is 14.3. The predicted molar refractivity (Wildman–Crippen MR) is 72.9 cm³/mol. The van der Waals surface area contributed by atoms with Crippen LogP contribution in [0.4, 0.5) is 0 Å². The van der Waals surface area contributed by atoms with Crippen LogP contribution < -0.4 is 11.1 Å². The number of hydrogen-bond donors (Lipinski definition) is 2. The number of nitrogens with two attached hydrogens (primary N) is 1. The molecule has 0 rings (SSSR count). The Morgan fingerprint density at radius 3 is 2.28 bits per heavy atom. The number of hydrogen-bond acceptors (Lipinski definition) is 3. The van der Waals surface area contributed by atoms with E-state index in [0.717, 1.165) is 6.42 Å². The number of nitrogens with zero attached hydrogens (tertiary/aromatic N) is 1. The van der Waals surface area contributed by atoms with Crippen LogP contribution in [0, 0.1) is 11.8 Å². The summed E-state index contributed by atoms with van der Waals surface area (Å²) in [6.07, 6.45) is 0.880. The number of carbonyl (C=O) groups excluding carboxylic acids is 2. The second kappa shape index (κ2) is 8.08. The van der Waals surface area contributed by atoms with Crippen molar-refractivity contribution in [3.05, 3.63) is 0 Å². The van der Waals surface area contributed by atoms with Crippen LogP contribution in [0.15, 0.2) is 0 Å². The zero-order valence-electron chi connectivity index (χ0n) is 12.2. The van der Waals surface area contributed by atoms with Crippen LogP contribution in [0.2, 0.25) is 0 Å². The highest BCUT2D eigenvalue weighted by molar-refractivity contribution is 5.82. The lowest BCUT2D eigenvalue weighted by atomic mass is 9.99. The Bertz CT molecular complexity index is 279. The normalized spacial score (nSPS) is 14.2. The van der Waals surface area contributed by atoms with Gasteiger partial charge in [-0.3, -0.25) is 9.59 Å². The van der Waals surface area contributed by atoms with Crippen LogP contribution in [-0.4, -0.2) is 42.9 Å². The third kappa shape index (κ3) is 5.49. The second-order valence-corrected chi connectivity index (χ2v) is 5.12. The van der Waals surface area contributed by atoms with Crippen LogP contribution in [0.3, 0.4) is 0 Å². The van der Waals surface area contributed by atoms with Gasteiger partial charge < -0.3 is 16.0 Å². The molecule has 0 aromatic carbocycles. The zero-order valence-corrected chi connectivity index (χ0v) is 12.2. The molecule has 0 saturated heterocycles. The fourth-order valence-corrected chi connectivity index (χ4v) is 1.41. The van der Waals surface area contributed by atoms with Gasteiger partial charge in [-0.1, -0.05) is 34.1 Å². The molecule has 18 heavy (non-hydrogen) atoms. The first-order valence-corrected chi connectivity index (χ1v) is 6.59. The number of nitrogens with one attached hydrogen (secondary N) is 1. The first-order chi connectivity index (χ1) is 8.31. The highest BCUT2D eigenvalue weighted by atomic mass is 16.2. The van der Waals surface area contributed by atoms with Gasteiger partial charge in [-0.15, -0.1) is 0 Å². The van der Waals surface area contributed by atoms with Gasteiger partial charge in [-0.25, -0.2) is 0 Å². The highest BCUT2D eigenvalue weighted by Crippen LogP contribution is 2.07. The Morgan fingerprint density at radius 2 is 1.83 bits per heavy atom. The van der Waals surface area contributed by atoms with E-state index < -0.39 is 6.04 Å². The summed E-state index contributed by atoms with van der Waals surface area (Å²) in [6, 6.07) is -0.458. The molecule has 2 unspecified atom stereocenters. The van der Waals surface area contributed by atoms with E-state index in [2.05, 4.69) is 5.32 Å². The van der Waals surface area contributed by atoms with Gasteiger partial charge in [0.1, 0.15) is 0 Å². The van der Waals surface area contributed by atoms with Gasteiger partial charge in [0.05, 0.1) is 6.04 Å². The fourth-order valence-electron chi connectivity index (χ4n) is 1.41. The molecular formula is C13H27N3O2. The first-order valence-electron chi connectivity index (χ1n) is 6.59. The van der Waals surface area contributed by atoms with E-state index in [4.69, 9.17) is 5.73 Å². The summed E-state index contributed by atoms with van der Waals surface area (Å²) in [5.74, 6) is 0.0730. The summed E-state index contributed by atoms with van der Waals surface area (Å²) in [4.78, 5) is 24.9. The minimum absolute atomic E-state index is 0.00192. The monoisotopic (exact) mass is 257 g/mol. The molecule has 106 valence electrons. The quantitative estimate of drug-likeness (QED) is 0.701. The molecule has 0 aromatic rings. The molecule has 5 heteroatoms. The van der Waals surface area contributed by atoms with E-state index in [1.807, 2.05) is 27.7 Å². The second-order valence-electron chi connectivity index (χ2n) is 5.12. The molecule has 0 fully saturated rings. The molecule has 2 amide bonds. The minimum atomic E-state index is -0.458. The minimum Gasteiger partial charge on any atom is -0.354 e. The Kier molecular flexibility index (Phi) is 7.59. The highest BCUT2D eigenvalue weighted by Gasteiger charge is 2.22. The molecular weight excluding hydrogens is 230 g/mol. The van der Waals surface area contributed by atoms with Crippen molar-refractivity contribution in [1.82, 2.24) is 10.2 Å². The molecule has 0 bridgehead atoms. The molecule has 0 radical (unpaired) electrons. The maximum atomic E-state index is 11.9. The largest absolute Gasteiger partial charge is 0.354 e. The maximum absolute atomic E-state index is 11.9. The first kappa shape index (κ1) is 16.9. The topological polar surface area (TPSA) is 75.4 Å². The molecule has 0 aliphatic heterocycles. The lowest BCUT2D eigenvalue weighted by molar-refractivity contribution is -0.133. The number of rotatable bonds is 7. The Balaban J connectivity index is 4.06. The van der Waals surface area contributed by atoms with E-state index in [-0.39, 0.29) is 23.7 Å². The lowest BCUT2D eigenvalue weighted by Crippen LogP contribution is -2.47. The van der Waals surface area contributed by atoms with E-state index in [1.165, 1.54) is 0 Å². The lowest BCUT2D eigenvalue weighted by Gasteiger charge is -2.24. The molecule has 0 aliphatic rings. The van der Waals surface area contributed by atoms with Gasteiger partial charge >= 0.3 is 0 Å². The van der Waals surface area contributed by atoms with E-state index in [0.29, 0.717) is 13.1 Å². The van der Waals surface area contributed by atoms with Gasteiger partial charge in [0.2, 0.25) is 11.8 Å². The van der Waals surface area contributed by atoms with Crippen LogP contribution in [0.25, 0.3) is 0 Å². The summed E-state index contributed by atoms with van der Waals surface area (Å²) in [5, 5.41) is 2.78. The van der Waals surface area contributed by atoms with Crippen molar-refractivity contribution in [2.24, 2.45) is 17.6 Å². The smallest absolute Gasteiger partial charge is 0.239 e. The van der Waals surface area contributed by atoms with Gasteiger partial charge in [0.15, 0.2) is 0 Å². The van der Waals surface area contributed by atoms with E-state index in [9.17, 15) is 9.59 Å². The molecule has 3 N–H and O–H groups in total. The third-order valence-corrected chi connectivity index (χ3v) is 3.19. The molecule has 2 atom stereocenters. The summed E-state index contributed by atoms with van der Waals surface area (Å²) >= 11 is 0. The van der Waals surface area contributed by atoms with E-state index in [1.54, 1.807) is 11.9 Å². The standard InChI is InChI=1S/C13H27N3O2/c1-6-10(4)11(14)13(18)16(5)8-7-15-12(17)9(2)3/h9-11H,6-8,14H2,1-5H3,(H,15,17). The molecule has 0 aromatic heterocycles. The summed E-state index contributed by atoms with van der Waals surface area (Å²) < 4.78 is 0. The average Bonchev–Trinajstić information content (AvgIpc) is 2.35. The van der Waals surface area contributed by atoms with Gasteiger partial charge in [-0.2, -0.15) is 0 Å². The van der Waals surface area contributed by atoms with Crippen LogP contribution in [0.5, 0.6) is 0 Å².